The van der Waals surface area contributed by atoms with E-state index in [1.807, 2.05) is 31.5 Å². The standard InChI is InChI=1S/C26H25FN8O2/c1-17-12-20(32-37-17)13-33-10-8-21(9-11-33)34-15-28-25(18-2-4-19(27)5-3-18)26(34)22-6-7-24-30-23(29-16-36)14-35(24)31-22/h2-7,12,14-16,21H,8-11,13H2,1H3,(H,29,36). The summed E-state index contributed by atoms with van der Waals surface area (Å²) in [4.78, 5) is 22.3. The van der Waals surface area contributed by atoms with E-state index in [4.69, 9.17) is 14.6 Å². The minimum Gasteiger partial charge on any atom is -0.361 e. The van der Waals surface area contributed by atoms with Crippen LogP contribution in [0.15, 0.2) is 59.5 Å². The first kappa shape index (κ1) is 23.0. The lowest BCUT2D eigenvalue weighted by Gasteiger charge is -2.32. The lowest BCUT2D eigenvalue weighted by molar-refractivity contribution is -0.105. The van der Waals surface area contributed by atoms with Gasteiger partial charge in [0.1, 0.15) is 17.3 Å². The van der Waals surface area contributed by atoms with Crippen molar-refractivity contribution < 1.29 is 13.7 Å². The Kier molecular flexibility index (Phi) is 5.97. The van der Waals surface area contributed by atoms with Crippen molar-refractivity contribution in [3.8, 4) is 22.6 Å². The molecule has 0 bridgehead atoms. The molecule has 0 unspecified atom stereocenters. The van der Waals surface area contributed by atoms with Crippen molar-refractivity contribution in [2.45, 2.75) is 32.4 Å². The first-order valence-electron chi connectivity index (χ1n) is 12.1. The fraction of sp³-hybridized carbons (Fsp3) is 0.269. The van der Waals surface area contributed by atoms with Crippen molar-refractivity contribution in [3.05, 3.63) is 72.3 Å². The highest BCUT2D eigenvalue weighted by atomic mass is 19.1. The van der Waals surface area contributed by atoms with Crippen LogP contribution < -0.4 is 5.32 Å². The summed E-state index contributed by atoms with van der Waals surface area (Å²) in [7, 11) is 0. The van der Waals surface area contributed by atoms with Crippen LogP contribution in [-0.4, -0.2) is 53.7 Å². The number of piperidine rings is 1. The monoisotopic (exact) mass is 500 g/mol. The maximum absolute atomic E-state index is 13.7. The predicted molar refractivity (Wildman–Crippen MR) is 134 cm³/mol. The van der Waals surface area contributed by atoms with E-state index in [1.54, 1.807) is 22.8 Å². The number of nitrogens with zero attached hydrogens (tertiary/aromatic N) is 7. The van der Waals surface area contributed by atoms with Gasteiger partial charge in [0.05, 0.1) is 29.6 Å². The number of hydrogen-bond acceptors (Lipinski definition) is 7. The number of fused-ring (bicyclic) bond motifs is 1. The van der Waals surface area contributed by atoms with Crippen LogP contribution in [0.4, 0.5) is 10.2 Å². The van der Waals surface area contributed by atoms with E-state index >= 15 is 0 Å². The number of nitrogens with one attached hydrogen (secondary N) is 1. The van der Waals surface area contributed by atoms with Crippen LogP contribution in [0.1, 0.15) is 30.3 Å². The molecule has 188 valence electrons. The first-order chi connectivity index (χ1) is 18.1. The molecule has 4 aromatic heterocycles. The molecular weight excluding hydrogens is 475 g/mol. The SMILES string of the molecule is Cc1cc(CN2CCC(n3cnc(-c4ccc(F)cc4)c3-c3ccc4nc(NC=O)cn4n3)CC2)no1. The third kappa shape index (κ3) is 4.60. The predicted octanol–water partition coefficient (Wildman–Crippen LogP) is 4.10. The van der Waals surface area contributed by atoms with Crippen molar-refractivity contribution in [1.82, 2.24) is 34.2 Å². The van der Waals surface area contributed by atoms with Gasteiger partial charge >= 0.3 is 0 Å². The summed E-state index contributed by atoms with van der Waals surface area (Å²) < 4.78 is 22.7. The molecular formula is C26H25FN8O2. The number of carbonyl (C=O) groups is 1. The van der Waals surface area contributed by atoms with Crippen LogP contribution in [0.2, 0.25) is 0 Å². The number of benzene rings is 1. The van der Waals surface area contributed by atoms with E-state index in [9.17, 15) is 9.18 Å². The average molecular weight is 501 g/mol. The van der Waals surface area contributed by atoms with E-state index in [0.717, 1.165) is 60.9 Å². The summed E-state index contributed by atoms with van der Waals surface area (Å²) in [6.07, 6.45) is 5.97. The normalized spacial score (nSPS) is 14.9. The molecule has 37 heavy (non-hydrogen) atoms. The number of hydrogen-bond donors (Lipinski definition) is 1. The lowest BCUT2D eigenvalue weighted by atomic mass is 10.0. The molecule has 0 atom stereocenters. The van der Waals surface area contributed by atoms with Crippen molar-refractivity contribution in [3.63, 3.8) is 0 Å². The van der Waals surface area contributed by atoms with Crippen molar-refractivity contribution in [2.75, 3.05) is 18.4 Å². The second kappa shape index (κ2) is 9.58. The number of likely N-dealkylation sites (tertiary alicyclic amines) is 1. The Balaban J connectivity index is 1.34. The van der Waals surface area contributed by atoms with Gasteiger partial charge in [-0.15, -0.1) is 0 Å². The van der Waals surface area contributed by atoms with Gasteiger partial charge in [0.2, 0.25) is 6.41 Å². The van der Waals surface area contributed by atoms with Gasteiger partial charge in [0.15, 0.2) is 11.5 Å². The number of carbonyl (C=O) groups excluding carboxylic acids is 1. The summed E-state index contributed by atoms with van der Waals surface area (Å²) in [5.74, 6) is 0.937. The highest BCUT2D eigenvalue weighted by Gasteiger charge is 2.26. The van der Waals surface area contributed by atoms with Gasteiger partial charge in [0, 0.05) is 37.3 Å². The number of anilines is 1. The molecule has 0 radical (unpaired) electrons. The average Bonchev–Trinajstić information content (AvgIpc) is 3.63. The van der Waals surface area contributed by atoms with Crippen molar-refractivity contribution >= 4 is 17.9 Å². The molecule has 0 aliphatic carbocycles. The largest absolute Gasteiger partial charge is 0.361 e. The molecule has 10 nitrogen and oxygen atoms in total. The van der Waals surface area contributed by atoms with Crippen molar-refractivity contribution in [2.24, 2.45) is 0 Å². The number of aromatic nitrogens is 6. The Morgan fingerprint density at radius 3 is 2.70 bits per heavy atom. The molecule has 5 heterocycles. The second-order valence-electron chi connectivity index (χ2n) is 9.20. The minimum atomic E-state index is -0.299. The summed E-state index contributed by atoms with van der Waals surface area (Å²) >= 11 is 0. The molecule has 1 amide bonds. The molecule has 1 N–H and O–H groups in total. The maximum atomic E-state index is 13.7. The Morgan fingerprint density at radius 1 is 1.16 bits per heavy atom. The van der Waals surface area contributed by atoms with E-state index in [0.29, 0.717) is 23.6 Å². The number of halogens is 1. The Bertz CT molecular complexity index is 1550. The van der Waals surface area contributed by atoms with Crippen LogP contribution >= 0.6 is 0 Å². The van der Waals surface area contributed by atoms with E-state index in [2.05, 4.69) is 24.9 Å². The second-order valence-corrected chi connectivity index (χ2v) is 9.20. The Labute approximate surface area is 211 Å². The Hall–Kier alpha value is -4.38. The zero-order chi connectivity index (χ0) is 25.4. The van der Waals surface area contributed by atoms with Gasteiger partial charge in [-0.1, -0.05) is 5.16 Å². The zero-order valence-electron chi connectivity index (χ0n) is 20.2. The molecule has 1 saturated heterocycles. The van der Waals surface area contributed by atoms with Gasteiger partial charge in [-0.2, -0.15) is 5.10 Å². The van der Waals surface area contributed by atoms with Gasteiger partial charge < -0.3 is 14.4 Å². The van der Waals surface area contributed by atoms with Gasteiger partial charge in [-0.25, -0.2) is 18.9 Å². The minimum absolute atomic E-state index is 0.222. The lowest BCUT2D eigenvalue weighted by Crippen LogP contribution is -2.34. The third-order valence-corrected chi connectivity index (χ3v) is 6.69. The molecule has 0 saturated carbocycles. The summed E-state index contributed by atoms with van der Waals surface area (Å²) in [5, 5.41) is 11.5. The smallest absolute Gasteiger partial charge is 0.212 e. The molecule has 1 aliphatic heterocycles. The van der Waals surface area contributed by atoms with Gasteiger partial charge in [-0.3, -0.25) is 9.69 Å². The van der Waals surface area contributed by atoms with Gasteiger partial charge in [-0.05, 0) is 56.2 Å². The van der Waals surface area contributed by atoms with Gasteiger partial charge in [0.25, 0.3) is 0 Å². The van der Waals surface area contributed by atoms with Crippen LogP contribution in [-0.2, 0) is 11.3 Å². The highest BCUT2D eigenvalue weighted by Crippen LogP contribution is 2.35. The molecule has 1 aromatic carbocycles. The number of amides is 1. The molecule has 1 aliphatic rings. The molecule has 0 spiro atoms. The fourth-order valence-corrected chi connectivity index (χ4v) is 4.93. The Morgan fingerprint density at radius 2 is 1.97 bits per heavy atom. The zero-order valence-corrected chi connectivity index (χ0v) is 20.2. The molecule has 5 aromatic rings. The number of aryl methyl sites for hydroxylation is 1. The molecule has 6 rings (SSSR count). The molecule has 11 heteroatoms. The van der Waals surface area contributed by atoms with Crippen LogP contribution in [0.5, 0.6) is 0 Å². The fourth-order valence-electron chi connectivity index (χ4n) is 4.93. The highest BCUT2D eigenvalue weighted by molar-refractivity contribution is 5.77. The van der Waals surface area contributed by atoms with Crippen molar-refractivity contribution in [1.29, 1.82) is 0 Å². The van der Waals surface area contributed by atoms with Crippen LogP contribution in [0.25, 0.3) is 28.3 Å². The topological polar surface area (TPSA) is 106 Å². The van der Waals surface area contributed by atoms with Crippen LogP contribution in [0.3, 0.4) is 0 Å². The third-order valence-electron chi connectivity index (χ3n) is 6.69. The van der Waals surface area contributed by atoms with E-state index < -0.39 is 0 Å². The summed E-state index contributed by atoms with van der Waals surface area (Å²) in [5.41, 5.74) is 4.67. The van der Waals surface area contributed by atoms with Crippen LogP contribution in [0, 0.1) is 12.7 Å². The van der Waals surface area contributed by atoms with E-state index in [1.165, 1.54) is 12.1 Å². The molecule has 1 fully saturated rings. The first-order valence-corrected chi connectivity index (χ1v) is 12.1. The number of rotatable bonds is 7. The summed E-state index contributed by atoms with van der Waals surface area (Å²) in [6.45, 7) is 4.48. The van der Waals surface area contributed by atoms with E-state index in [-0.39, 0.29) is 11.9 Å². The quantitative estimate of drug-likeness (QED) is 0.335. The maximum Gasteiger partial charge on any atom is 0.212 e. The summed E-state index contributed by atoms with van der Waals surface area (Å²) in [6, 6.07) is 12.3. The number of imidazole rings is 2.